The molecule has 0 unspecified atom stereocenters. The van der Waals surface area contributed by atoms with Crippen LogP contribution in [0.15, 0.2) is 72.8 Å². The number of hydrogen-bond acceptors (Lipinski definition) is 3. The molecule has 0 atom stereocenters. The van der Waals surface area contributed by atoms with Crippen LogP contribution in [0, 0.1) is 0 Å². The fourth-order valence-electron chi connectivity index (χ4n) is 3.66. The maximum absolute atomic E-state index is 13.0. The van der Waals surface area contributed by atoms with E-state index in [4.69, 9.17) is 4.74 Å². The van der Waals surface area contributed by atoms with Crippen molar-refractivity contribution in [2.24, 2.45) is 0 Å². The maximum atomic E-state index is 13.0. The summed E-state index contributed by atoms with van der Waals surface area (Å²) in [6.07, 6.45) is 2.09. The quantitative estimate of drug-likeness (QED) is 0.601. The molecule has 152 valence electrons. The molecule has 3 aromatic rings. The molecule has 0 fully saturated rings. The van der Waals surface area contributed by atoms with E-state index in [0.717, 1.165) is 17.7 Å². The number of benzene rings is 3. The topological polar surface area (TPSA) is 58.6 Å². The van der Waals surface area contributed by atoms with Crippen molar-refractivity contribution < 1.29 is 14.3 Å². The number of rotatable bonds is 6. The van der Waals surface area contributed by atoms with Crippen molar-refractivity contribution >= 4 is 23.2 Å². The molecule has 4 rings (SSSR count). The number of nitrogens with zero attached hydrogens (tertiary/aromatic N) is 1. The summed E-state index contributed by atoms with van der Waals surface area (Å²) in [6, 6.07) is 22.3. The Morgan fingerprint density at radius 1 is 1.00 bits per heavy atom. The standard InChI is InChI=1S/C25H24N2O3/c1-2-16-27-22-14-13-19(17-18(22)12-15-24(27)28)26-25(29)21-10-6-7-11-23(21)30-20-8-4-3-5-9-20/h3-11,13-14,17H,2,12,15-16H2,1H3,(H,26,29). The first kappa shape index (κ1) is 19.7. The number of carbonyl (C=O) groups excluding carboxylic acids is 2. The van der Waals surface area contributed by atoms with E-state index in [1.54, 1.807) is 12.1 Å². The van der Waals surface area contributed by atoms with Crippen LogP contribution in [-0.2, 0) is 11.2 Å². The summed E-state index contributed by atoms with van der Waals surface area (Å²) in [5.41, 5.74) is 3.19. The zero-order valence-electron chi connectivity index (χ0n) is 16.9. The first-order valence-electron chi connectivity index (χ1n) is 10.2. The second-order valence-corrected chi connectivity index (χ2v) is 7.25. The second-order valence-electron chi connectivity index (χ2n) is 7.25. The summed E-state index contributed by atoms with van der Waals surface area (Å²) < 4.78 is 5.91. The molecular weight excluding hydrogens is 376 g/mol. The molecule has 5 nitrogen and oxygen atoms in total. The van der Waals surface area contributed by atoms with Crippen molar-refractivity contribution in [3.05, 3.63) is 83.9 Å². The highest BCUT2D eigenvalue weighted by atomic mass is 16.5. The van der Waals surface area contributed by atoms with E-state index in [1.807, 2.05) is 65.6 Å². The fourth-order valence-corrected chi connectivity index (χ4v) is 3.66. The minimum Gasteiger partial charge on any atom is -0.457 e. The molecular formula is C25H24N2O3. The maximum Gasteiger partial charge on any atom is 0.259 e. The minimum absolute atomic E-state index is 0.160. The van der Waals surface area contributed by atoms with E-state index >= 15 is 0 Å². The summed E-state index contributed by atoms with van der Waals surface area (Å²) in [5, 5.41) is 2.97. The molecule has 0 saturated carbocycles. The molecule has 1 aliphatic rings. The van der Waals surface area contributed by atoms with Crippen molar-refractivity contribution in [1.29, 1.82) is 0 Å². The molecule has 0 aliphatic carbocycles. The molecule has 1 N–H and O–H groups in total. The molecule has 2 amide bonds. The second kappa shape index (κ2) is 8.82. The lowest BCUT2D eigenvalue weighted by Gasteiger charge is -2.29. The average molecular weight is 400 g/mol. The molecule has 0 bridgehead atoms. The van der Waals surface area contributed by atoms with Gasteiger partial charge in [0.1, 0.15) is 11.5 Å². The highest BCUT2D eigenvalue weighted by Gasteiger charge is 2.24. The molecule has 1 heterocycles. The lowest BCUT2D eigenvalue weighted by Crippen LogP contribution is -2.35. The molecule has 3 aromatic carbocycles. The minimum atomic E-state index is -0.237. The third-order valence-corrected chi connectivity index (χ3v) is 5.09. The summed E-state index contributed by atoms with van der Waals surface area (Å²) in [4.78, 5) is 27.0. The largest absolute Gasteiger partial charge is 0.457 e. The van der Waals surface area contributed by atoms with Gasteiger partial charge in [-0.3, -0.25) is 9.59 Å². The number of amides is 2. The van der Waals surface area contributed by atoms with Gasteiger partial charge in [-0.2, -0.15) is 0 Å². The third kappa shape index (κ3) is 4.20. The van der Waals surface area contributed by atoms with Crippen molar-refractivity contribution in [3.63, 3.8) is 0 Å². The van der Waals surface area contributed by atoms with E-state index < -0.39 is 0 Å². The van der Waals surface area contributed by atoms with Crippen LogP contribution in [0.5, 0.6) is 11.5 Å². The Morgan fingerprint density at radius 3 is 2.57 bits per heavy atom. The van der Waals surface area contributed by atoms with Gasteiger partial charge in [0.25, 0.3) is 5.91 Å². The van der Waals surface area contributed by atoms with Gasteiger partial charge in [-0.1, -0.05) is 37.3 Å². The van der Waals surface area contributed by atoms with Crippen LogP contribution in [0.4, 0.5) is 11.4 Å². The Balaban J connectivity index is 1.55. The first-order valence-corrected chi connectivity index (χ1v) is 10.2. The normalized spacial score (nSPS) is 13.0. The Bertz CT molecular complexity index is 1060. The van der Waals surface area contributed by atoms with Crippen LogP contribution in [-0.4, -0.2) is 18.4 Å². The van der Waals surface area contributed by atoms with Gasteiger partial charge < -0.3 is 15.0 Å². The number of ether oxygens (including phenoxy) is 1. The monoisotopic (exact) mass is 400 g/mol. The Morgan fingerprint density at radius 2 is 1.77 bits per heavy atom. The number of para-hydroxylation sites is 2. The number of carbonyl (C=O) groups is 2. The molecule has 0 saturated heterocycles. The van der Waals surface area contributed by atoms with Crippen LogP contribution in [0.1, 0.15) is 35.7 Å². The smallest absolute Gasteiger partial charge is 0.259 e. The van der Waals surface area contributed by atoms with Gasteiger partial charge >= 0.3 is 0 Å². The van der Waals surface area contributed by atoms with Crippen LogP contribution in [0.25, 0.3) is 0 Å². The lowest BCUT2D eigenvalue weighted by atomic mass is 10.00. The summed E-state index contributed by atoms with van der Waals surface area (Å²) in [5.74, 6) is 1.10. The van der Waals surface area contributed by atoms with E-state index in [9.17, 15) is 9.59 Å². The van der Waals surface area contributed by atoms with Crippen molar-refractivity contribution in [1.82, 2.24) is 0 Å². The number of hydrogen-bond donors (Lipinski definition) is 1. The Kier molecular flexibility index (Phi) is 5.80. The summed E-state index contributed by atoms with van der Waals surface area (Å²) in [7, 11) is 0. The van der Waals surface area contributed by atoms with Crippen LogP contribution >= 0.6 is 0 Å². The average Bonchev–Trinajstić information content (AvgIpc) is 2.77. The van der Waals surface area contributed by atoms with E-state index in [-0.39, 0.29) is 11.8 Å². The van der Waals surface area contributed by atoms with E-state index in [1.165, 1.54) is 0 Å². The Labute approximate surface area is 176 Å². The zero-order valence-corrected chi connectivity index (χ0v) is 16.9. The summed E-state index contributed by atoms with van der Waals surface area (Å²) in [6.45, 7) is 2.77. The molecule has 0 spiro atoms. The van der Waals surface area contributed by atoms with Gasteiger partial charge in [0.15, 0.2) is 0 Å². The Hall–Kier alpha value is -3.60. The molecule has 1 aliphatic heterocycles. The highest BCUT2D eigenvalue weighted by molar-refractivity contribution is 6.06. The van der Waals surface area contributed by atoms with Crippen molar-refractivity contribution in [2.75, 3.05) is 16.8 Å². The number of anilines is 2. The zero-order chi connectivity index (χ0) is 20.9. The lowest BCUT2D eigenvalue weighted by molar-refractivity contribution is -0.118. The number of aryl methyl sites for hydroxylation is 1. The predicted molar refractivity (Wildman–Crippen MR) is 118 cm³/mol. The van der Waals surface area contributed by atoms with E-state index in [2.05, 4.69) is 12.2 Å². The van der Waals surface area contributed by atoms with Crippen LogP contribution < -0.4 is 15.0 Å². The molecule has 0 radical (unpaired) electrons. The van der Waals surface area contributed by atoms with Gasteiger partial charge in [-0.15, -0.1) is 0 Å². The van der Waals surface area contributed by atoms with Gasteiger partial charge in [0, 0.05) is 24.3 Å². The molecule has 5 heteroatoms. The third-order valence-electron chi connectivity index (χ3n) is 5.09. The van der Waals surface area contributed by atoms with Crippen LogP contribution in [0.2, 0.25) is 0 Å². The van der Waals surface area contributed by atoms with Gasteiger partial charge in [-0.25, -0.2) is 0 Å². The highest BCUT2D eigenvalue weighted by Crippen LogP contribution is 2.31. The number of fused-ring (bicyclic) bond motifs is 1. The molecule has 30 heavy (non-hydrogen) atoms. The van der Waals surface area contributed by atoms with Crippen LogP contribution in [0.3, 0.4) is 0 Å². The predicted octanol–water partition coefficient (Wildman–Crippen LogP) is 5.42. The SMILES string of the molecule is CCCN1C(=O)CCc2cc(NC(=O)c3ccccc3Oc3ccccc3)ccc21. The number of nitrogens with one attached hydrogen (secondary N) is 1. The first-order chi connectivity index (χ1) is 14.7. The van der Waals surface area contributed by atoms with Gasteiger partial charge in [0.2, 0.25) is 5.91 Å². The van der Waals surface area contributed by atoms with Gasteiger partial charge in [-0.05, 0) is 60.9 Å². The van der Waals surface area contributed by atoms with Crippen molar-refractivity contribution in [3.8, 4) is 11.5 Å². The molecule has 0 aromatic heterocycles. The van der Waals surface area contributed by atoms with E-state index in [0.29, 0.717) is 42.1 Å². The summed E-state index contributed by atoms with van der Waals surface area (Å²) >= 11 is 0. The fraction of sp³-hybridized carbons (Fsp3) is 0.200. The van der Waals surface area contributed by atoms with Crippen molar-refractivity contribution in [2.45, 2.75) is 26.2 Å². The van der Waals surface area contributed by atoms with Gasteiger partial charge in [0.05, 0.1) is 5.56 Å².